The first kappa shape index (κ1) is 26.5. The van der Waals surface area contributed by atoms with Crippen molar-refractivity contribution in [1.29, 1.82) is 5.26 Å². The summed E-state index contributed by atoms with van der Waals surface area (Å²) in [6, 6.07) is 15.2. The summed E-state index contributed by atoms with van der Waals surface area (Å²) >= 11 is 6.63. The zero-order valence-electron chi connectivity index (χ0n) is 22.0. The van der Waals surface area contributed by atoms with E-state index in [1.165, 1.54) is 0 Å². The van der Waals surface area contributed by atoms with Crippen LogP contribution in [0, 0.1) is 24.2 Å². The molecular weight excluding hydrogens is 514 g/mol. The molecule has 0 radical (unpaired) electrons. The van der Waals surface area contributed by atoms with Crippen LogP contribution in [0.1, 0.15) is 29.7 Å². The molecule has 9 heteroatoms. The predicted molar refractivity (Wildman–Crippen MR) is 152 cm³/mol. The Balaban J connectivity index is 1.39. The third-order valence-electron chi connectivity index (χ3n) is 6.84. The number of methoxy groups -OCH3 is 1. The number of benzene rings is 2. The zero-order valence-corrected chi connectivity index (χ0v) is 22.7. The third kappa shape index (κ3) is 6.17. The number of hydrogen-bond donors (Lipinski definition) is 2. The fraction of sp³-hybridized carbons (Fsp3) is 0.300. The van der Waals surface area contributed by atoms with E-state index < -0.39 is 0 Å². The summed E-state index contributed by atoms with van der Waals surface area (Å²) in [5.41, 5.74) is 4.20. The number of hydrogen-bond acceptors (Lipinski definition) is 8. The molecular formula is C30H30ClN5O3. The summed E-state index contributed by atoms with van der Waals surface area (Å²) in [5.74, 6) is 2.27. The number of aromatic nitrogens is 2. The van der Waals surface area contributed by atoms with Gasteiger partial charge in [0.1, 0.15) is 18.4 Å². The number of ether oxygens (including phenoxy) is 3. The van der Waals surface area contributed by atoms with Crippen LogP contribution < -0.4 is 24.8 Å². The highest BCUT2D eigenvalue weighted by atomic mass is 35.5. The van der Waals surface area contributed by atoms with Crippen LogP contribution in [0.15, 0.2) is 54.9 Å². The molecule has 8 nitrogen and oxygen atoms in total. The third-order valence-corrected chi connectivity index (χ3v) is 7.15. The van der Waals surface area contributed by atoms with E-state index in [1.807, 2.05) is 43.3 Å². The number of nitrogens with one attached hydrogen (secondary N) is 2. The molecule has 3 heterocycles. The zero-order chi connectivity index (χ0) is 27.2. The first-order valence-electron chi connectivity index (χ1n) is 12.9. The maximum absolute atomic E-state index is 9.83. The van der Waals surface area contributed by atoms with Gasteiger partial charge in [0.25, 0.3) is 0 Å². The van der Waals surface area contributed by atoms with Crippen molar-refractivity contribution in [3.05, 3.63) is 76.7 Å². The lowest BCUT2D eigenvalue weighted by molar-refractivity contribution is 0.211. The Bertz CT molecular complexity index is 1510. The van der Waals surface area contributed by atoms with Crippen molar-refractivity contribution < 1.29 is 14.2 Å². The minimum absolute atomic E-state index is 0.338. The fourth-order valence-corrected chi connectivity index (χ4v) is 4.83. The van der Waals surface area contributed by atoms with Crippen molar-refractivity contribution in [2.24, 2.45) is 5.92 Å². The number of fused-ring (bicyclic) bond motifs is 1. The lowest BCUT2D eigenvalue weighted by atomic mass is 10.0. The smallest absolute Gasteiger partial charge is 0.163 e. The van der Waals surface area contributed by atoms with Crippen molar-refractivity contribution in [2.75, 3.05) is 32.1 Å². The van der Waals surface area contributed by atoms with Crippen LogP contribution in [-0.4, -0.2) is 36.8 Å². The first-order valence-corrected chi connectivity index (χ1v) is 13.3. The van der Waals surface area contributed by atoms with Gasteiger partial charge < -0.3 is 24.8 Å². The van der Waals surface area contributed by atoms with Gasteiger partial charge in [0.2, 0.25) is 0 Å². The van der Waals surface area contributed by atoms with Crippen LogP contribution in [0.3, 0.4) is 0 Å². The van der Waals surface area contributed by atoms with Gasteiger partial charge in [-0.3, -0.25) is 9.97 Å². The van der Waals surface area contributed by atoms with E-state index in [-0.39, 0.29) is 0 Å². The molecule has 4 aromatic rings. The highest BCUT2D eigenvalue weighted by Gasteiger charge is 2.18. The molecule has 2 aromatic carbocycles. The van der Waals surface area contributed by atoms with Crippen LogP contribution in [0.2, 0.25) is 5.02 Å². The molecule has 0 bridgehead atoms. The largest absolute Gasteiger partial charge is 0.493 e. The fourth-order valence-electron chi connectivity index (χ4n) is 4.61. The standard InChI is InChI=1S/C30H30ClN5O3/c1-19-5-3-10-34-27(19)18-38-22-7-8-25(24(31)11-22)36-30-21(14-32)16-35-26-13-29(28(37-2)12-23(26)30)39-17-20-6-4-9-33-15-20/h3,5,7-8,10-13,16,20,33H,4,6,9,15,17-18H2,1-2H3,(H,35,36)/t20-/m0/s1. The quantitative estimate of drug-likeness (QED) is 0.258. The minimum atomic E-state index is 0.338. The Morgan fingerprint density at radius 3 is 2.79 bits per heavy atom. The Morgan fingerprint density at radius 1 is 1.15 bits per heavy atom. The number of nitrogens with zero attached hydrogens (tertiary/aromatic N) is 3. The molecule has 1 atom stereocenters. The van der Waals surface area contributed by atoms with E-state index in [2.05, 4.69) is 26.7 Å². The summed E-state index contributed by atoms with van der Waals surface area (Å²) in [4.78, 5) is 8.88. The molecule has 0 amide bonds. The van der Waals surface area contributed by atoms with E-state index in [0.717, 1.165) is 42.6 Å². The lowest BCUT2D eigenvalue weighted by Gasteiger charge is -2.23. The number of aryl methyl sites for hydroxylation is 1. The van der Waals surface area contributed by atoms with Gasteiger partial charge in [-0.25, -0.2) is 0 Å². The highest BCUT2D eigenvalue weighted by molar-refractivity contribution is 6.33. The number of piperidine rings is 1. The average molecular weight is 544 g/mol. The molecule has 39 heavy (non-hydrogen) atoms. The van der Waals surface area contributed by atoms with Crippen molar-refractivity contribution in [1.82, 2.24) is 15.3 Å². The van der Waals surface area contributed by atoms with Crippen molar-refractivity contribution in [3.8, 4) is 23.3 Å². The molecule has 0 spiro atoms. The van der Waals surface area contributed by atoms with Gasteiger partial charge in [0.05, 0.1) is 46.9 Å². The number of pyridine rings is 2. The second-order valence-corrected chi connectivity index (χ2v) is 9.93. The Kier molecular flexibility index (Phi) is 8.30. The van der Waals surface area contributed by atoms with E-state index in [0.29, 0.717) is 63.9 Å². The topological polar surface area (TPSA) is 101 Å². The first-order chi connectivity index (χ1) is 19.1. The van der Waals surface area contributed by atoms with Gasteiger partial charge >= 0.3 is 0 Å². The van der Waals surface area contributed by atoms with Gasteiger partial charge in [-0.1, -0.05) is 17.7 Å². The molecule has 0 saturated carbocycles. The van der Waals surface area contributed by atoms with Crippen LogP contribution >= 0.6 is 11.6 Å². The molecule has 1 aliphatic heterocycles. The number of rotatable bonds is 9. The maximum Gasteiger partial charge on any atom is 0.163 e. The molecule has 1 fully saturated rings. The Morgan fingerprint density at radius 2 is 2.05 bits per heavy atom. The number of anilines is 2. The van der Waals surface area contributed by atoms with Crippen LogP contribution in [0.5, 0.6) is 17.2 Å². The lowest BCUT2D eigenvalue weighted by Crippen LogP contribution is -2.33. The molecule has 5 rings (SSSR count). The molecule has 2 N–H and O–H groups in total. The summed E-state index contributed by atoms with van der Waals surface area (Å²) in [6.45, 7) is 4.93. The van der Waals surface area contributed by atoms with E-state index in [1.54, 1.807) is 25.6 Å². The molecule has 1 aliphatic rings. The van der Waals surface area contributed by atoms with Crippen LogP contribution in [-0.2, 0) is 6.61 Å². The minimum Gasteiger partial charge on any atom is -0.493 e. The van der Waals surface area contributed by atoms with Crippen molar-refractivity contribution in [3.63, 3.8) is 0 Å². The second kappa shape index (κ2) is 12.2. The summed E-state index contributed by atoms with van der Waals surface area (Å²) in [7, 11) is 1.60. The summed E-state index contributed by atoms with van der Waals surface area (Å²) < 4.78 is 17.7. The van der Waals surface area contributed by atoms with Crippen molar-refractivity contribution >= 4 is 33.9 Å². The van der Waals surface area contributed by atoms with Gasteiger partial charge in [-0.05, 0) is 56.1 Å². The SMILES string of the molecule is COc1cc2c(Nc3ccc(OCc4ncccc4C)cc3Cl)c(C#N)cnc2cc1OC[C@H]1CCCNC1. The average Bonchev–Trinajstić information content (AvgIpc) is 2.97. The Labute approximate surface area is 232 Å². The molecule has 0 aliphatic carbocycles. The molecule has 0 unspecified atom stereocenters. The number of nitriles is 1. The van der Waals surface area contributed by atoms with E-state index in [9.17, 15) is 5.26 Å². The van der Waals surface area contributed by atoms with Crippen LogP contribution in [0.25, 0.3) is 10.9 Å². The highest BCUT2D eigenvalue weighted by Crippen LogP contribution is 2.39. The van der Waals surface area contributed by atoms with Gasteiger partial charge in [-0.2, -0.15) is 5.26 Å². The summed E-state index contributed by atoms with van der Waals surface area (Å²) in [6.07, 6.45) is 5.58. The monoisotopic (exact) mass is 543 g/mol. The van der Waals surface area contributed by atoms with E-state index >= 15 is 0 Å². The van der Waals surface area contributed by atoms with E-state index in [4.69, 9.17) is 25.8 Å². The predicted octanol–water partition coefficient (Wildman–Crippen LogP) is 6.17. The summed E-state index contributed by atoms with van der Waals surface area (Å²) in [5, 5.41) is 17.7. The van der Waals surface area contributed by atoms with Gasteiger partial charge in [0, 0.05) is 42.4 Å². The molecule has 1 saturated heterocycles. The second-order valence-electron chi connectivity index (χ2n) is 9.52. The van der Waals surface area contributed by atoms with Gasteiger partial charge in [0.15, 0.2) is 11.5 Å². The normalized spacial score (nSPS) is 15.0. The Hall–Kier alpha value is -4.06. The molecule has 2 aromatic heterocycles. The molecule has 200 valence electrons. The number of halogens is 1. The van der Waals surface area contributed by atoms with Crippen molar-refractivity contribution in [2.45, 2.75) is 26.4 Å². The van der Waals surface area contributed by atoms with Crippen LogP contribution in [0.4, 0.5) is 11.4 Å². The van der Waals surface area contributed by atoms with Gasteiger partial charge in [-0.15, -0.1) is 0 Å². The maximum atomic E-state index is 9.83.